The van der Waals surface area contributed by atoms with Crippen molar-refractivity contribution < 1.29 is 19.1 Å². The lowest BCUT2D eigenvalue weighted by Crippen LogP contribution is -2.46. The smallest absolute Gasteiger partial charge is 0.223 e. The first-order valence-electron chi connectivity index (χ1n) is 13.2. The molecule has 0 aromatic heterocycles. The molecule has 1 fully saturated rings. The van der Waals surface area contributed by atoms with Gasteiger partial charge in [0.15, 0.2) is 0 Å². The van der Waals surface area contributed by atoms with Gasteiger partial charge in [-0.1, -0.05) is 56.4 Å². The van der Waals surface area contributed by atoms with Crippen LogP contribution in [-0.2, 0) is 32.0 Å². The Labute approximate surface area is 204 Å². The number of benzene rings is 1. The predicted molar refractivity (Wildman–Crippen MR) is 133 cm³/mol. The number of nitrogens with two attached hydrogens (primary N) is 1. The van der Waals surface area contributed by atoms with Crippen molar-refractivity contribution in [3.8, 4) is 0 Å². The van der Waals surface area contributed by atoms with Crippen LogP contribution in [0.3, 0.4) is 0 Å². The summed E-state index contributed by atoms with van der Waals surface area (Å²) in [5, 5.41) is 2.94. The fourth-order valence-electron chi connectivity index (χ4n) is 5.18. The van der Waals surface area contributed by atoms with Crippen LogP contribution in [0.1, 0.15) is 68.9 Å². The highest BCUT2D eigenvalue weighted by Crippen LogP contribution is 2.29. The molecule has 1 aliphatic carbocycles. The van der Waals surface area contributed by atoms with Crippen LogP contribution in [-0.4, -0.2) is 62.3 Å². The number of carbonyl (C=O) groups excluding carboxylic acids is 2. The third kappa shape index (κ3) is 9.01. The maximum atomic E-state index is 13.2. The van der Waals surface area contributed by atoms with Crippen LogP contribution in [0.2, 0.25) is 0 Å². The van der Waals surface area contributed by atoms with Crippen molar-refractivity contribution in [1.29, 1.82) is 0 Å². The molecule has 1 aromatic rings. The van der Waals surface area contributed by atoms with Gasteiger partial charge in [-0.25, -0.2) is 0 Å². The van der Waals surface area contributed by atoms with Crippen LogP contribution in [0.5, 0.6) is 0 Å². The first-order chi connectivity index (χ1) is 16.7. The number of fused-ring (bicyclic) bond motifs is 1. The Morgan fingerprint density at radius 1 is 1.00 bits per heavy atom. The molecule has 1 saturated carbocycles. The summed E-state index contributed by atoms with van der Waals surface area (Å²) in [6.45, 7) is 3.51. The first-order valence-corrected chi connectivity index (χ1v) is 13.2. The zero-order valence-electron chi connectivity index (χ0n) is 20.6. The van der Waals surface area contributed by atoms with Crippen molar-refractivity contribution in [3.63, 3.8) is 0 Å². The second kappa shape index (κ2) is 15.1. The van der Waals surface area contributed by atoms with Gasteiger partial charge < -0.3 is 25.4 Å². The molecule has 1 atom stereocenters. The van der Waals surface area contributed by atoms with Crippen LogP contribution in [0.4, 0.5) is 0 Å². The van der Waals surface area contributed by atoms with E-state index >= 15 is 0 Å². The molecule has 190 valence electrons. The van der Waals surface area contributed by atoms with Crippen molar-refractivity contribution in [2.75, 3.05) is 39.5 Å². The molecule has 0 radical (unpaired) electrons. The van der Waals surface area contributed by atoms with E-state index in [0.29, 0.717) is 58.9 Å². The highest BCUT2D eigenvalue weighted by atomic mass is 16.5. The van der Waals surface area contributed by atoms with E-state index in [9.17, 15) is 9.59 Å². The van der Waals surface area contributed by atoms with Crippen molar-refractivity contribution in [2.45, 2.75) is 76.8 Å². The molecule has 2 amide bonds. The third-order valence-electron chi connectivity index (χ3n) is 7.03. The molecule has 1 aromatic carbocycles. The van der Waals surface area contributed by atoms with Crippen LogP contribution in [0.15, 0.2) is 24.3 Å². The third-order valence-corrected chi connectivity index (χ3v) is 7.03. The fourth-order valence-corrected chi connectivity index (χ4v) is 5.18. The second-order valence-electron chi connectivity index (χ2n) is 9.61. The van der Waals surface area contributed by atoms with E-state index in [1.54, 1.807) is 0 Å². The number of rotatable bonds is 14. The molecule has 34 heavy (non-hydrogen) atoms. The summed E-state index contributed by atoms with van der Waals surface area (Å²) in [6, 6.07) is 8.18. The van der Waals surface area contributed by atoms with Gasteiger partial charge in [-0.15, -0.1) is 0 Å². The SMILES string of the molecule is NCCOCCOCCNC(=O)CC1Cc2ccccc2CN1C(=O)CCCC1CCCCC1. The molecule has 7 heteroatoms. The van der Waals surface area contributed by atoms with Gasteiger partial charge >= 0.3 is 0 Å². The van der Waals surface area contributed by atoms with Crippen molar-refractivity contribution in [3.05, 3.63) is 35.4 Å². The van der Waals surface area contributed by atoms with E-state index in [0.717, 1.165) is 25.2 Å². The zero-order chi connectivity index (χ0) is 24.0. The van der Waals surface area contributed by atoms with Gasteiger partial charge in [0, 0.05) is 38.5 Å². The van der Waals surface area contributed by atoms with Gasteiger partial charge in [0.05, 0.1) is 26.4 Å². The fraction of sp³-hybridized carbons (Fsp3) is 0.704. The summed E-state index contributed by atoms with van der Waals surface area (Å²) in [5.41, 5.74) is 7.81. The molecule has 0 bridgehead atoms. The number of amides is 2. The van der Waals surface area contributed by atoms with E-state index in [-0.39, 0.29) is 17.9 Å². The van der Waals surface area contributed by atoms with Gasteiger partial charge in [0.25, 0.3) is 0 Å². The molecule has 1 unspecified atom stereocenters. The molecule has 3 rings (SSSR count). The Kier molecular flexibility index (Phi) is 11.8. The van der Waals surface area contributed by atoms with Crippen LogP contribution in [0.25, 0.3) is 0 Å². The maximum absolute atomic E-state index is 13.2. The summed E-state index contributed by atoms with van der Waals surface area (Å²) in [4.78, 5) is 27.8. The first kappa shape index (κ1) is 26.6. The minimum Gasteiger partial charge on any atom is -0.378 e. The van der Waals surface area contributed by atoms with Crippen LogP contribution < -0.4 is 11.1 Å². The van der Waals surface area contributed by atoms with Crippen molar-refractivity contribution in [1.82, 2.24) is 10.2 Å². The Hall–Kier alpha value is -1.96. The highest BCUT2D eigenvalue weighted by Gasteiger charge is 2.31. The van der Waals surface area contributed by atoms with Gasteiger partial charge in [-0.2, -0.15) is 0 Å². The van der Waals surface area contributed by atoms with E-state index in [4.69, 9.17) is 15.2 Å². The molecule has 0 saturated heterocycles. The Balaban J connectivity index is 1.45. The minimum atomic E-state index is -0.0948. The van der Waals surface area contributed by atoms with E-state index < -0.39 is 0 Å². The van der Waals surface area contributed by atoms with Crippen molar-refractivity contribution in [2.24, 2.45) is 11.7 Å². The second-order valence-corrected chi connectivity index (χ2v) is 9.61. The summed E-state index contributed by atoms with van der Waals surface area (Å²) >= 11 is 0. The molecule has 3 N–H and O–H groups in total. The van der Waals surface area contributed by atoms with E-state index in [1.807, 2.05) is 17.0 Å². The summed E-state index contributed by atoms with van der Waals surface area (Å²) in [5.74, 6) is 0.941. The lowest BCUT2D eigenvalue weighted by molar-refractivity contribution is -0.136. The lowest BCUT2D eigenvalue weighted by Gasteiger charge is -2.37. The van der Waals surface area contributed by atoms with E-state index in [2.05, 4.69) is 17.4 Å². The largest absolute Gasteiger partial charge is 0.378 e. The number of ether oxygens (including phenoxy) is 2. The monoisotopic (exact) mass is 473 g/mol. The molecular formula is C27H43N3O4. The maximum Gasteiger partial charge on any atom is 0.223 e. The Bertz CT molecular complexity index is 751. The number of hydrogen-bond donors (Lipinski definition) is 2. The standard InChI is InChI=1S/C27H43N3O4/c28-13-15-33-17-18-34-16-14-29-26(31)20-25-19-23-10-4-5-11-24(23)21-30(25)27(32)12-6-9-22-7-2-1-3-8-22/h4-5,10-11,22,25H,1-3,6-9,12-21,28H2,(H,29,31). The van der Waals surface area contributed by atoms with Gasteiger partial charge in [0.2, 0.25) is 11.8 Å². The normalized spacial score (nSPS) is 18.5. The molecule has 7 nitrogen and oxygen atoms in total. The van der Waals surface area contributed by atoms with Gasteiger partial charge in [0.1, 0.15) is 0 Å². The summed E-state index contributed by atoms with van der Waals surface area (Å²) in [7, 11) is 0. The number of carbonyl (C=O) groups is 2. The Morgan fingerprint density at radius 2 is 1.74 bits per heavy atom. The minimum absolute atomic E-state index is 0.0348. The number of hydrogen-bond acceptors (Lipinski definition) is 5. The molecular weight excluding hydrogens is 430 g/mol. The molecule has 1 heterocycles. The van der Waals surface area contributed by atoms with Gasteiger partial charge in [-0.3, -0.25) is 9.59 Å². The predicted octanol–water partition coefficient (Wildman–Crippen LogP) is 3.19. The summed E-state index contributed by atoms with van der Waals surface area (Å²) < 4.78 is 10.7. The number of nitrogens with zero attached hydrogens (tertiary/aromatic N) is 1. The zero-order valence-corrected chi connectivity index (χ0v) is 20.6. The van der Waals surface area contributed by atoms with Crippen LogP contribution >= 0.6 is 0 Å². The molecule has 1 aliphatic heterocycles. The summed E-state index contributed by atoms with van der Waals surface area (Å²) in [6.07, 6.45) is 10.4. The average molecular weight is 474 g/mol. The topological polar surface area (TPSA) is 93.9 Å². The van der Waals surface area contributed by atoms with Crippen LogP contribution in [0, 0.1) is 5.92 Å². The van der Waals surface area contributed by atoms with Gasteiger partial charge in [-0.05, 0) is 36.3 Å². The average Bonchev–Trinajstić information content (AvgIpc) is 2.86. The lowest BCUT2D eigenvalue weighted by atomic mass is 9.85. The highest BCUT2D eigenvalue weighted by molar-refractivity contribution is 5.80. The van der Waals surface area contributed by atoms with E-state index in [1.165, 1.54) is 43.2 Å². The molecule has 2 aliphatic rings. The quantitative estimate of drug-likeness (QED) is 0.405. The Morgan fingerprint density at radius 3 is 2.50 bits per heavy atom. The molecule has 0 spiro atoms. The number of nitrogens with one attached hydrogen (secondary N) is 1. The van der Waals surface area contributed by atoms with Crippen molar-refractivity contribution >= 4 is 11.8 Å².